The summed E-state index contributed by atoms with van der Waals surface area (Å²) >= 11 is 0. The number of hydrogen-bond acceptors (Lipinski definition) is 15. The van der Waals surface area contributed by atoms with Crippen LogP contribution in [0.25, 0.3) is 0 Å². The second-order valence-electron chi connectivity index (χ2n) is 27.6. The molecule has 0 saturated heterocycles. The fourth-order valence-electron chi connectivity index (χ4n) is 11.3. The van der Waals surface area contributed by atoms with Gasteiger partial charge < -0.3 is 33.8 Å². The van der Waals surface area contributed by atoms with Crippen molar-refractivity contribution in [2.45, 2.75) is 400 Å². The van der Waals surface area contributed by atoms with Crippen molar-refractivity contribution in [2.75, 3.05) is 39.6 Å². The molecule has 0 heterocycles. The van der Waals surface area contributed by atoms with Gasteiger partial charge in [0.05, 0.1) is 26.4 Å². The van der Waals surface area contributed by atoms with E-state index in [-0.39, 0.29) is 25.7 Å². The molecule has 19 heteroatoms. The molecular weight excluding hydrogens is 1220 g/mol. The Kier molecular flexibility index (Phi) is 64.6. The van der Waals surface area contributed by atoms with Crippen molar-refractivity contribution in [1.82, 2.24) is 0 Å². The minimum atomic E-state index is -4.96. The predicted octanol–water partition coefficient (Wildman–Crippen LogP) is 21.6. The van der Waals surface area contributed by atoms with Crippen molar-refractivity contribution in [3.8, 4) is 0 Å². The van der Waals surface area contributed by atoms with Gasteiger partial charge in [-0.15, -0.1) is 0 Å². The van der Waals surface area contributed by atoms with Gasteiger partial charge in [0.15, 0.2) is 12.2 Å². The maximum absolute atomic E-state index is 13.1. The van der Waals surface area contributed by atoms with Crippen molar-refractivity contribution in [2.24, 2.45) is 11.8 Å². The van der Waals surface area contributed by atoms with E-state index in [4.69, 9.17) is 37.0 Å². The summed E-state index contributed by atoms with van der Waals surface area (Å²) in [6, 6.07) is 0. The minimum Gasteiger partial charge on any atom is -0.462 e. The highest BCUT2D eigenvalue weighted by atomic mass is 31.2. The largest absolute Gasteiger partial charge is 0.472 e. The molecule has 0 aliphatic heterocycles. The number of aliphatic hydroxyl groups excluding tert-OH is 1. The van der Waals surface area contributed by atoms with E-state index in [0.717, 1.165) is 102 Å². The van der Waals surface area contributed by atoms with Crippen molar-refractivity contribution in [1.29, 1.82) is 0 Å². The number of aliphatic hydroxyl groups is 1. The molecule has 0 aliphatic rings. The molecule has 0 rings (SSSR count). The third kappa shape index (κ3) is 68.4. The van der Waals surface area contributed by atoms with Gasteiger partial charge in [-0.3, -0.25) is 37.3 Å². The van der Waals surface area contributed by atoms with Crippen LogP contribution in [0.3, 0.4) is 0 Å². The molecule has 0 bridgehead atoms. The maximum atomic E-state index is 13.1. The number of phosphoric ester groups is 2. The first-order valence-corrected chi connectivity index (χ1v) is 41.5. The van der Waals surface area contributed by atoms with Gasteiger partial charge >= 0.3 is 39.5 Å². The summed E-state index contributed by atoms with van der Waals surface area (Å²) < 4.78 is 68.4. The smallest absolute Gasteiger partial charge is 0.462 e. The first-order chi connectivity index (χ1) is 44.9. The molecule has 0 aromatic carbocycles. The Labute approximate surface area is 568 Å². The van der Waals surface area contributed by atoms with Crippen LogP contribution in [-0.2, 0) is 65.4 Å². The fraction of sp³-hybridized carbons (Fsp3) is 0.946. The lowest BCUT2D eigenvalue weighted by atomic mass is 10.0. The van der Waals surface area contributed by atoms with Crippen molar-refractivity contribution >= 4 is 39.5 Å². The summed E-state index contributed by atoms with van der Waals surface area (Å²) in [6.07, 6.45) is 52.7. The fourth-order valence-corrected chi connectivity index (χ4v) is 12.9. The van der Waals surface area contributed by atoms with Gasteiger partial charge in [-0.05, 0) is 37.5 Å². The van der Waals surface area contributed by atoms with Crippen LogP contribution < -0.4 is 0 Å². The molecule has 93 heavy (non-hydrogen) atoms. The maximum Gasteiger partial charge on any atom is 0.472 e. The van der Waals surface area contributed by atoms with Crippen LogP contribution in [-0.4, -0.2) is 96.7 Å². The second-order valence-corrected chi connectivity index (χ2v) is 30.5. The Bertz CT molecular complexity index is 1800. The number of ether oxygens (including phenoxy) is 4. The van der Waals surface area contributed by atoms with E-state index in [2.05, 4.69) is 41.5 Å². The van der Waals surface area contributed by atoms with E-state index < -0.39 is 97.5 Å². The molecule has 552 valence electrons. The van der Waals surface area contributed by atoms with Crippen LogP contribution >= 0.6 is 15.6 Å². The monoisotopic (exact) mass is 1370 g/mol. The minimum absolute atomic E-state index is 0.106. The van der Waals surface area contributed by atoms with Crippen molar-refractivity contribution < 1.29 is 80.2 Å². The average Bonchev–Trinajstić information content (AvgIpc) is 2.72. The summed E-state index contributed by atoms with van der Waals surface area (Å²) in [4.78, 5) is 72.6. The van der Waals surface area contributed by atoms with Gasteiger partial charge in [-0.25, -0.2) is 9.13 Å². The average molecular weight is 1370 g/mol. The van der Waals surface area contributed by atoms with E-state index in [1.165, 1.54) is 199 Å². The highest BCUT2D eigenvalue weighted by molar-refractivity contribution is 7.47. The molecule has 5 atom stereocenters. The molecule has 0 aliphatic carbocycles. The van der Waals surface area contributed by atoms with Crippen LogP contribution in [0.1, 0.15) is 382 Å². The Morgan fingerprint density at radius 3 is 0.731 bits per heavy atom. The Morgan fingerprint density at radius 2 is 0.495 bits per heavy atom. The van der Waals surface area contributed by atoms with Gasteiger partial charge in [0.25, 0.3) is 0 Å². The first kappa shape index (κ1) is 91.1. The van der Waals surface area contributed by atoms with E-state index in [9.17, 15) is 43.2 Å². The highest BCUT2D eigenvalue weighted by Gasteiger charge is 2.30. The summed E-state index contributed by atoms with van der Waals surface area (Å²) in [6.45, 7) is 9.60. The topological polar surface area (TPSA) is 237 Å². The zero-order chi connectivity index (χ0) is 68.6. The quantitative estimate of drug-likeness (QED) is 0.0222. The number of unbranched alkanes of at least 4 members (excludes halogenated alkanes) is 43. The summed E-state index contributed by atoms with van der Waals surface area (Å²) in [5.74, 6) is -0.525. The van der Waals surface area contributed by atoms with E-state index >= 15 is 0 Å². The second kappa shape index (κ2) is 66.0. The third-order valence-electron chi connectivity index (χ3n) is 17.2. The zero-order valence-electron chi connectivity index (χ0n) is 60.6. The van der Waals surface area contributed by atoms with Crippen molar-refractivity contribution in [3.05, 3.63) is 0 Å². The molecule has 0 saturated carbocycles. The van der Waals surface area contributed by atoms with Crippen LogP contribution in [0.5, 0.6) is 0 Å². The van der Waals surface area contributed by atoms with Gasteiger partial charge in [-0.1, -0.05) is 330 Å². The molecule has 0 aromatic rings. The number of hydrogen-bond donors (Lipinski definition) is 3. The van der Waals surface area contributed by atoms with Gasteiger partial charge in [-0.2, -0.15) is 0 Å². The van der Waals surface area contributed by atoms with E-state index in [1.54, 1.807) is 0 Å². The third-order valence-corrected chi connectivity index (χ3v) is 19.1. The molecule has 3 N–H and O–H groups in total. The molecule has 0 spiro atoms. The Morgan fingerprint density at radius 1 is 0.290 bits per heavy atom. The summed E-state index contributed by atoms with van der Waals surface area (Å²) in [5.41, 5.74) is 0. The number of esters is 4. The lowest BCUT2D eigenvalue weighted by molar-refractivity contribution is -0.161. The molecular formula is C74H144O17P2. The van der Waals surface area contributed by atoms with Crippen molar-refractivity contribution in [3.63, 3.8) is 0 Å². The SMILES string of the molecule is CCCCCCCCCCCCC(=O)O[C@H](COC(=O)CCCCCCCCCCC)COP(=O)(O)OC[C@H](O)COP(=O)(O)OC[C@@H](COC(=O)CCCCCCCCCCCCCCCC(C)C)OC(=O)CCCCCCCCCCCCCCCCCC(C)C. The van der Waals surface area contributed by atoms with Crippen LogP contribution in [0.2, 0.25) is 0 Å². The van der Waals surface area contributed by atoms with E-state index in [1.807, 2.05) is 0 Å². The number of carbonyl (C=O) groups excluding carboxylic acids is 4. The lowest BCUT2D eigenvalue weighted by Gasteiger charge is -2.21. The predicted molar refractivity (Wildman–Crippen MR) is 377 cm³/mol. The van der Waals surface area contributed by atoms with Crippen LogP contribution in [0.15, 0.2) is 0 Å². The first-order valence-electron chi connectivity index (χ1n) is 38.5. The summed E-state index contributed by atoms with van der Waals surface area (Å²) in [5, 5.41) is 10.6. The Hall–Kier alpha value is -1.94. The summed E-state index contributed by atoms with van der Waals surface area (Å²) in [7, 11) is -9.90. The van der Waals surface area contributed by atoms with Gasteiger partial charge in [0, 0.05) is 25.7 Å². The molecule has 2 unspecified atom stereocenters. The van der Waals surface area contributed by atoms with E-state index in [0.29, 0.717) is 25.7 Å². The number of phosphoric acid groups is 2. The highest BCUT2D eigenvalue weighted by Crippen LogP contribution is 2.45. The molecule has 17 nitrogen and oxygen atoms in total. The van der Waals surface area contributed by atoms with Crippen LogP contribution in [0, 0.1) is 11.8 Å². The molecule has 0 amide bonds. The standard InChI is InChI=1S/C74H144O17P2/c1-7-9-11-13-15-17-33-40-46-52-58-73(78)90-69(62-84-71(76)56-50-44-38-30-16-14-12-10-8-2)64-88-92(80,81)86-60-68(75)61-87-93(82,83)89-65-70(63-85-72(77)57-51-45-39-34-28-25-21-23-27-32-37-43-49-55-67(5)6)91-74(79)59-53-47-41-35-29-24-20-18-19-22-26-31-36-42-48-54-66(3)4/h66-70,75H,7-65H2,1-6H3,(H,80,81)(H,82,83)/t68-,69+,70+/m0/s1. The zero-order valence-corrected chi connectivity index (χ0v) is 62.3. The number of rotatable bonds is 73. The lowest BCUT2D eigenvalue weighted by Crippen LogP contribution is -2.30. The molecule has 0 aromatic heterocycles. The normalized spacial score (nSPS) is 14.1. The molecule has 0 radical (unpaired) electrons. The number of carbonyl (C=O) groups is 4. The van der Waals surface area contributed by atoms with Gasteiger partial charge in [0.1, 0.15) is 19.3 Å². The Balaban J connectivity index is 5.21. The molecule has 0 fully saturated rings. The van der Waals surface area contributed by atoms with Gasteiger partial charge in [0.2, 0.25) is 0 Å². The van der Waals surface area contributed by atoms with Crippen LogP contribution in [0.4, 0.5) is 0 Å².